The summed E-state index contributed by atoms with van der Waals surface area (Å²) in [5, 5.41) is 7.22. The second-order valence-corrected chi connectivity index (χ2v) is 7.24. The fraction of sp³-hybridized carbons (Fsp3) is 0.421. The van der Waals surface area contributed by atoms with Crippen LogP contribution in [0.1, 0.15) is 47.3 Å². The van der Waals surface area contributed by atoms with Crippen molar-refractivity contribution in [3.8, 4) is 0 Å². The molecule has 0 fully saturated rings. The van der Waals surface area contributed by atoms with E-state index in [9.17, 15) is 4.79 Å². The third-order valence-corrected chi connectivity index (χ3v) is 5.66. The minimum atomic E-state index is -0.0845. The Labute approximate surface area is 152 Å². The van der Waals surface area contributed by atoms with Crippen LogP contribution in [0.15, 0.2) is 30.6 Å². The normalized spacial score (nSPS) is 14.2. The zero-order valence-corrected chi connectivity index (χ0v) is 15.4. The van der Waals surface area contributed by atoms with Crippen LogP contribution in [0.2, 0.25) is 0 Å². The van der Waals surface area contributed by atoms with Gasteiger partial charge in [-0.3, -0.25) is 4.79 Å². The van der Waals surface area contributed by atoms with E-state index in [-0.39, 0.29) is 5.91 Å². The number of carbonyl (C=O) groups is 1. The Hall–Kier alpha value is -2.21. The first-order valence-corrected chi connectivity index (χ1v) is 9.57. The van der Waals surface area contributed by atoms with Crippen LogP contribution in [-0.4, -0.2) is 29.0 Å². The van der Waals surface area contributed by atoms with Crippen molar-refractivity contribution in [3.05, 3.63) is 41.1 Å². The number of aromatic nitrogens is 2. The molecule has 3 rings (SSSR count). The smallest absolute Gasteiger partial charge is 0.261 e. The molecule has 5 nitrogen and oxygen atoms in total. The van der Waals surface area contributed by atoms with Crippen molar-refractivity contribution in [2.75, 3.05) is 18.4 Å². The van der Waals surface area contributed by atoms with Crippen molar-refractivity contribution < 1.29 is 4.79 Å². The molecule has 2 N–H and O–H groups in total. The van der Waals surface area contributed by atoms with Gasteiger partial charge in [-0.2, -0.15) is 0 Å². The molecule has 2 aromatic heterocycles. The van der Waals surface area contributed by atoms with E-state index in [1.807, 2.05) is 6.92 Å². The molecule has 0 radical (unpaired) electrons. The van der Waals surface area contributed by atoms with E-state index in [2.05, 4.69) is 33.3 Å². The van der Waals surface area contributed by atoms with Gasteiger partial charge in [0.15, 0.2) is 0 Å². The molecule has 0 saturated carbocycles. The number of allylic oxidation sites excluding steroid dienone is 1. The largest absolute Gasteiger partial charge is 0.369 e. The highest BCUT2D eigenvalue weighted by atomic mass is 32.1. The van der Waals surface area contributed by atoms with Crippen molar-refractivity contribution in [1.29, 1.82) is 0 Å². The summed E-state index contributed by atoms with van der Waals surface area (Å²) >= 11 is 1.41. The van der Waals surface area contributed by atoms with E-state index in [0.717, 1.165) is 34.6 Å². The molecule has 1 aliphatic rings. The Bertz CT molecular complexity index is 809. The summed E-state index contributed by atoms with van der Waals surface area (Å²) < 4.78 is 0. The van der Waals surface area contributed by atoms with Gasteiger partial charge in [-0.15, -0.1) is 17.9 Å². The lowest BCUT2D eigenvalue weighted by molar-refractivity contribution is 0.0961. The molecule has 0 unspecified atom stereocenters. The summed E-state index contributed by atoms with van der Waals surface area (Å²) in [5.41, 5.74) is 2.47. The zero-order valence-electron chi connectivity index (χ0n) is 14.6. The fourth-order valence-corrected chi connectivity index (χ4v) is 4.21. The number of anilines is 1. The molecule has 0 saturated heterocycles. The zero-order chi connectivity index (χ0) is 17.6. The van der Waals surface area contributed by atoms with Crippen molar-refractivity contribution in [1.82, 2.24) is 15.3 Å². The SMILES string of the molecule is C=CCNC(=O)c1sc2ncnc(NCCC3=CCCCC3)c2c1C. The van der Waals surface area contributed by atoms with E-state index in [4.69, 9.17) is 0 Å². The van der Waals surface area contributed by atoms with Gasteiger partial charge < -0.3 is 10.6 Å². The fourth-order valence-electron chi connectivity index (χ4n) is 3.14. The number of hydrogen-bond donors (Lipinski definition) is 2. The molecule has 2 heterocycles. The molecule has 0 aliphatic heterocycles. The second kappa shape index (κ2) is 8.25. The summed E-state index contributed by atoms with van der Waals surface area (Å²) in [5.74, 6) is 0.733. The number of aryl methyl sites for hydroxylation is 1. The Morgan fingerprint density at radius 1 is 1.40 bits per heavy atom. The third-order valence-electron chi connectivity index (χ3n) is 4.46. The predicted octanol–water partition coefficient (Wildman–Crippen LogP) is 4.22. The van der Waals surface area contributed by atoms with Crippen molar-refractivity contribution in [2.24, 2.45) is 0 Å². The topological polar surface area (TPSA) is 66.9 Å². The second-order valence-electron chi connectivity index (χ2n) is 6.24. The van der Waals surface area contributed by atoms with Crippen LogP contribution < -0.4 is 10.6 Å². The standard InChI is InChI=1S/C19H24N4OS/c1-3-10-21-18(24)16-13(2)15-17(22-12-23-19(15)25-16)20-11-9-14-7-5-4-6-8-14/h3,7,12H,1,4-6,8-11H2,2H3,(H,21,24)(H,20,22,23). The van der Waals surface area contributed by atoms with Crippen LogP contribution in [0.5, 0.6) is 0 Å². The number of fused-ring (bicyclic) bond motifs is 1. The molecular formula is C19H24N4OS. The van der Waals surface area contributed by atoms with Crippen LogP contribution in [0.4, 0.5) is 5.82 Å². The highest BCUT2D eigenvalue weighted by molar-refractivity contribution is 7.20. The van der Waals surface area contributed by atoms with Crippen molar-refractivity contribution in [2.45, 2.75) is 39.0 Å². The summed E-state index contributed by atoms with van der Waals surface area (Å²) in [7, 11) is 0. The van der Waals surface area contributed by atoms with Gasteiger partial charge in [0, 0.05) is 13.1 Å². The monoisotopic (exact) mass is 356 g/mol. The minimum Gasteiger partial charge on any atom is -0.369 e. The number of carbonyl (C=O) groups excluding carboxylic acids is 1. The quantitative estimate of drug-likeness (QED) is 0.729. The average Bonchev–Trinajstić information content (AvgIpc) is 2.98. The van der Waals surface area contributed by atoms with Crippen LogP contribution in [0.3, 0.4) is 0 Å². The Kier molecular flexibility index (Phi) is 5.81. The number of thiophene rings is 1. The van der Waals surface area contributed by atoms with Crippen molar-refractivity contribution in [3.63, 3.8) is 0 Å². The lowest BCUT2D eigenvalue weighted by Gasteiger charge is -2.13. The molecule has 132 valence electrons. The van der Waals surface area contributed by atoms with Gasteiger partial charge in [0.05, 0.1) is 10.3 Å². The highest BCUT2D eigenvalue weighted by Crippen LogP contribution is 2.33. The summed E-state index contributed by atoms with van der Waals surface area (Å²) in [6.45, 7) is 6.90. The first-order valence-electron chi connectivity index (χ1n) is 8.75. The van der Waals surface area contributed by atoms with Gasteiger partial charge in [-0.05, 0) is 44.6 Å². The Morgan fingerprint density at radius 3 is 3.04 bits per heavy atom. The number of amides is 1. The molecule has 1 amide bonds. The van der Waals surface area contributed by atoms with Crippen LogP contribution in [-0.2, 0) is 0 Å². The predicted molar refractivity (Wildman–Crippen MR) is 104 cm³/mol. The van der Waals surface area contributed by atoms with Crippen LogP contribution >= 0.6 is 11.3 Å². The summed E-state index contributed by atoms with van der Waals surface area (Å²) in [6.07, 6.45) is 11.7. The Morgan fingerprint density at radius 2 is 2.28 bits per heavy atom. The Balaban J connectivity index is 1.76. The average molecular weight is 356 g/mol. The lowest BCUT2D eigenvalue weighted by atomic mass is 9.97. The molecule has 2 aromatic rings. The first kappa shape index (κ1) is 17.6. The maximum Gasteiger partial charge on any atom is 0.261 e. The number of nitrogens with one attached hydrogen (secondary N) is 2. The first-order chi connectivity index (χ1) is 12.2. The van der Waals surface area contributed by atoms with E-state index >= 15 is 0 Å². The van der Waals surface area contributed by atoms with Gasteiger partial charge in [0.2, 0.25) is 0 Å². The maximum absolute atomic E-state index is 12.3. The molecular weight excluding hydrogens is 332 g/mol. The molecule has 0 bridgehead atoms. The minimum absolute atomic E-state index is 0.0845. The third kappa shape index (κ3) is 4.07. The highest BCUT2D eigenvalue weighted by Gasteiger charge is 2.18. The van der Waals surface area contributed by atoms with E-state index in [0.29, 0.717) is 11.4 Å². The van der Waals surface area contributed by atoms with Crippen LogP contribution in [0, 0.1) is 6.92 Å². The maximum atomic E-state index is 12.3. The summed E-state index contributed by atoms with van der Waals surface area (Å²) in [6, 6.07) is 0. The van der Waals surface area contributed by atoms with E-state index in [1.165, 1.54) is 42.6 Å². The summed E-state index contributed by atoms with van der Waals surface area (Å²) in [4.78, 5) is 22.6. The molecule has 6 heteroatoms. The number of nitrogens with zero attached hydrogens (tertiary/aromatic N) is 2. The van der Waals surface area contributed by atoms with Gasteiger partial charge in [-0.1, -0.05) is 17.7 Å². The molecule has 0 atom stereocenters. The van der Waals surface area contributed by atoms with Crippen LogP contribution in [0.25, 0.3) is 10.2 Å². The van der Waals surface area contributed by atoms with Gasteiger partial charge in [0.25, 0.3) is 5.91 Å². The number of rotatable bonds is 7. The molecule has 1 aliphatic carbocycles. The van der Waals surface area contributed by atoms with Gasteiger partial charge in [0.1, 0.15) is 17.0 Å². The van der Waals surface area contributed by atoms with E-state index < -0.39 is 0 Å². The molecule has 0 aromatic carbocycles. The lowest BCUT2D eigenvalue weighted by Crippen LogP contribution is -2.22. The van der Waals surface area contributed by atoms with E-state index in [1.54, 1.807) is 12.4 Å². The molecule has 25 heavy (non-hydrogen) atoms. The number of hydrogen-bond acceptors (Lipinski definition) is 5. The van der Waals surface area contributed by atoms with Gasteiger partial charge >= 0.3 is 0 Å². The van der Waals surface area contributed by atoms with Crippen molar-refractivity contribution >= 4 is 33.3 Å². The van der Waals surface area contributed by atoms with Gasteiger partial charge in [-0.25, -0.2) is 9.97 Å². The molecule has 0 spiro atoms.